The smallest absolute Gasteiger partial charge is 0.370 e. The molecule has 0 aromatic carbocycles. The normalized spacial score (nSPS) is 28.1. The summed E-state index contributed by atoms with van der Waals surface area (Å²) in [5.41, 5.74) is 0. The van der Waals surface area contributed by atoms with Gasteiger partial charge in [-0.2, -0.15) is 0 Å². The number of carbonyl (C=O) groups is 2. The number of hydrogen-bond acceptors (Lipinski definition) is 7. The van der Waals surface area contributed by atoms with Gasteiger partial charge in [0.2, 0.25) is 11.7 Å². The van der Waals surface area contributed by atoms with Crippen molar-refractivity contribution >= 4 is 11.9 Å². The number of hydrogen-bond donors (Lipinski definition) is 6. The van der Waals surface area contributed by atoms with Crippen molar-refractivity contribution in [2.24, 2.45) is 5.92 Å². The van der Waals surface area contributed by atoms with E-state index in [-0.39, 0.29) is 5.92 Å². The first-order valence-corrected chi connectivity index (χ1v) is 7.30. The molecule has 0 aromatic heterocycles. The second-order valence-electron chi connectivity index (χ2n) is 5.49. The van der Waals surface area contributed by atoms with Crippen molar-refractivity contribution in [2.75, 3.05) is 6.61 Å². The fraction of sp³-hybridized carbons (Fsp3) is 0.714. The molecule has 6 N–H and O–H groups in total. The maximum atomic E-state index is 12.0. The monoisotopic (exact) mass is 333 g/mol. The molecule has 9 heteroatoms. The quantitative estimate of drug-likeness (QED) is 0.311. The summed E-state index contributed by atoms with van der Waals surface area (Å²) in [5.74, 6) is -2.86. The van der Waals surface area contributed by atoms with Gasteiger partial charge >= 0.3 is 5.97 Å². The molecule has 1 aliphatic heterocycles. The van der Waals surface area contributed by atoms with Gasteiger partial charge in [-0.3, -0.25) is 4.79 Å². The lowest BCUT2D eigenvalue weighted by molar-refractivity contribution is -0.150. The van der Waals surface area contributed by atoms with Gasteiger partial charge in [-0.05, 0) is 12.5 Å². The lowest BCUT2D eigenvalue weighted by atomic mass is 9.93. The number of aliphatic carboxylic acids is 1. The molecule has 0 aromatic rings. The van der Waals surface area contributed by atoms with E-state index in [1.54, 1.807) is 13.8 Å². The molecule has 0 radical (unpaired) electrons. The predicted octanol–water partition coefficient (Wildman–Crippen LogP) is -2.04. The topological polar surface area (TPSA) is 157 Å². The molecule has 1 amide bonds. The molecular formula is C14H23NO8. The average Bonchev–Trinajstić information content (AvgIpc) is 2.53. The highest BCUT2D eigenvalue weighted by molar-refractivity contribution is 5.85. The van der Waals surface area contributed by atoms with Gasteiger partial charge in [-0.15, -0.1) is 0 Å². The number of nitrogens with one attached hydrogen (secondary N) is 1. The third-order valence-electron chi connectivity index (χ3n) is 3.80. The second-order valence-corrected chi connectivity index (χ2v) is 5.49. The highest BCUT2D eigenvalue weighted by Gasteiger charge is 2.43. The predicted molar refractivity (Wildman–Crippen MR) is 77.1 cm³/mol. The van der Waals surface area contributed by atoms with Crippen LogP contribution in [-0.2, 0) is 14.3 Å². The molecule has 9 nitrogen and oxygen atoms in total. The number of aliphatic hydroxyl groups excluding tert-OH is 4. The average molecular weight is 333 g/mol. The number of aliphatic hydroxyl groups is 4. The molecule has 132 valence electrons. The molecule has 0 saturated heterocycles. The molecule has 0 saturated carbocycles. The van der Waals surface area contributed by atoms with E-state index >= 15 is 0 Å². The Balaban J connectivity index is 3.05. The molecule has 1 heterocycles. The molecule has 1 aliphatic rings. The number of ether oxygens (including phenoxy) is 1. The SMILES string of the molecule is CCC(C)C(=O)N[C@H]1[C@H]([C@H](O)[C@H](O)CO)OC(C(=O)O)=C[C@@H]1O. The molecule has 1 unspecified atom stereocenters. The molecule has 0 aliphatic carbocycles. The Hall–Kier alpha value is -1.68. The summed E-state index contributed by atoms with van der Waals surface area (Å²) in [6, 6.07) is -1.17. The van der Waals surface area contributed by atoms with Crippen molar-refractivity contribution < 1.29 is 39.9 Å². The number of carboxylic acid groups (broad SMARTS) is 1. The largest absolute Gasteiger partial charge is 0.478 e. The van der Waals surface area contributed by atoms with Crippen LogP contribution in [0.5, 0.6) is 0 Å². The van der Waals surface area contributed by atoms with Gasteiger partial charge in [-0.25, -0.2) is 4.79 Å². The van der Waals surface area contributed by atoms with Crippen LogP contribution in [0, 0.1) is 5.92 Å². The molecule has 0 bridgehead atoms. The number of rotatable bonds is 7. The van der Waals surface area contributed by atoms with E-state index < -0.39 is 54.7 Å². The molecule has 0 fully saturated rings. The van der Waals surface area contributed by atoms with Crippen LogP contribution >= 0.6 is 0 Å². The summed E-state index contributed by atoms with van der Waals surface area (Å²) in [6.07, 6.45) is -4.76. The van der Waals surface area contributed by atoms with Crippen LogP contribution in [0.4, 0.5) is 0 Å². The molecule has 0 spiro atoms. The van der Waals surface area contributed by atoms with Gasteiger partial charge in [0.1, 0.15) is 18.3 Å². The number of carboxylic acids is 1. The zero-order valence-electron chi connectivity index (χ0n) is 12.9. The Kier molecular flexibility index (Phi) is 6.95. The Morgan fingerprint density at radius 2 is 2.00 bits per heavy atom. The fourth-order valence-corrected chi connectivity index (χ4v) is 2.10. The maximum Gasteiger partial charge on any atom is 0.370 e. The first kappa shape index (κ1) is 19.4. The number of amides is 1. The Labute approximate surface area is 133 Å². The van der Waals surface area contributed by atoms with Gasteiger partial charge in [0.15, 0.2) is 6.10 Å². The van der Waals surface area contributed by atoms with Gasteiger partial charge in [0.05, 0.1) is 12.6 Å². The highest BCUT2D eigenvalue weighted by atomic mass is 16.5. The molecule has 1 rings (SSSR count). The van der Waals surface area contributed by atoms with Crippen LogP contribution in [0.15, 0.2) is 11.8 Å². The van der Waals surface area contributed by atoms with E-state index in [0.29, 0.717) is 6.42 Å². The first-order valence-electron chi connectivity index (χ1n) is 7.30. The minimum atomic E-state index is -1.71. The zero-order valence-corrected chi connectivity index (χ0v) is 12.9. The van der Waals surface area contributed by atoms with Crippen molar-refractivity contribution in [3.05, 3.63) is 11.8 Å². The second kappa shape index (κ2) is 8.25. The minimum absolute atomic E-state index is 0.368. The summed E-state index contributed by atoms with van der Waals surface area (Å²) in [6.45, 7) is 2.66. The standard InChI is InChI=1S/C14H23NO8/c1-3-6(2)13(20)15-10-7(17)4-9(14(21)22)23-12(10)11(19)8(18)5-16/h4,6-8,10-12,16-19H,3,5H2,1-2H3,(H,15,20)(H,21,22)/t6?,7-,8+,10+,11+,12+/m0/s1. The van der Waals surface area contributed by atoms with E-state index in [4.69, 9.17) is 14.9 Å². The molecule has 23 heavy (non-hydrogen) atoms. The third-order valence-corrected chi connectivity index (χ3v) is 3.80. The summed E-state index contributed by atoms with van der Waals surface area (Å²) in [4.78, 5) is 23.0. The van der Waals surface area contributed by atoms with E-state index in [1.165, 1.54) is 0 Å². The Morgan fingerprint density at radius 1 is 1.39 bits per heavy atom. The first-order chi connectivity index (χ1) is 10.7. The van der Waals surface area contributed by atoms with Crippen LogP contribution in [0.2, 0.25) is 0 Å². The van der Waals surface area contributed by atoms with E-state index in [1.807, 2.05) is 0 Å². The van der Waals surface area contributed by atoms with Crippen LogP contribution in [-0.4, -0.2) is 74.5 Å². The van der Waals surface area contributed by atoms with E-state index in [0.717, 1.165) is 6.08 Å². The van der Waals surface area contributed by atoms with Crippen molar-refractivity contribution in [1.82, 2.24) is 5.32 Å². The molecular weight excluding hydrogens is 310 g/mol. The zero-order chi connectivity index (χ0) is 17.7. The highest BCUT2D eigenvalue weighted by Crippen LogP contribution is 2.23. The lowest BCUT2D eigenvalue weighted by Gasteiger charge is -2.38. The molecule has 6 atom stereocenters. The summed E-state index contributed by atoms with van der Waals surface area (Å²) in [7, 11) is 0. The van der Waals surface area contributed by atoms with Gasteiger partial charge < -0.3 is 35.6 Å². The van der Waals surface area contributed by atoms with E-state index in [9.17, 15) is 24.9 Å². The van der Waals surface area contributed by atoms with Crippen LogP contribution in [0.1, 0.15) is 20.3 Å². The van der Waals surface area contributed by atoms with Crippen LogP contribution in [0.25, 0.3) is 0 Å². The summed E-state index contributed by atoms with van der Waals surface area (Å²) >= 11 is 0. The maximum absolute atomic E-state index is 12.0. The fourth-order valence-electron chi connectivity index (χ4n) is 2.10. The van der Waals surface area contributed by atoms with Gasteiger partial charge in [0.25, 0.3) is 0 Å². The van der Waals surface area contributed by atoms with Gasteiger partial charge in [0, 0.05) is 5.92 Å². The minimum Gasteiger partial charge on any atom is -0.478 e. The summed E-state index contributed by atoms with van der Waals surface area (Å²) in [5, 5.41) is 50.0. The van der Waals surface area contributed by atoms with E-state index in [2.05, 4.69) is 5.32 Å². The van der Waals surface area contributed by atoms with Crippen molar-refractivity contribution in [2.45, 2.75) is 50.7 Å². The Morgan fingerprint density at radius 3 is 2.48 bits per heavy atom. The lowest BCUT2D eigenvalue weighted by Crippen LogP contribution is -2.60. The van der Waals surface area contributed by atoms with Gasteiger partial charge in [-0.1, -0.05) is 13.8 Å². The van der Waals surface area contributed by atoms with Crippen molar-refractivity contribution in [3.8, 4) is 0 Å². The van der Waals surface area contributed by atoms with Crippen molar-refractivity contribution in [3.63, 3.8) is 0 Å². The number of carbonyl (C=O) groups excluding carboxylic acids is 1. The third kappa shape index (κ3) is 4.64. The van der Waals surface area contributed by atoms with Crippen LogP contribution < -0.4 is 5.32 Å². The van der Waals surface area contributed by atoms with Crippen LogP contribution in [0.3, 0.4) is 0 Å². The Bertz CT molecular complexity index is 466. The van der Waals surface area contributed by atoms with Crippen molar-refractivity contribution in [1.29, 1.82) is 0 Å². The summed E-state index contributed by atoms with van der Waals surface area (Å²) < 4.78 is 5.10.